The highest BCUT2D eigenvalue weighted by atomic mass is 32.2. The molecule has 1 aromatic carbocycles. The Hall–Kier alpha value is -1.80. The van der Waals surface area contributed by atoms with Crippen LogP contribution < -0.4 is 15.4 Å². The average Bonchev–Trinajstić information content (AvgIpc) is 2.71. The molecule has 0 amide bonds. The first kappa shape index (κ1) is 15.6. The minimum atomic E-state index is -3.67. The van der Waals surface area contributed by atoms with Crippen molar-refractivity contribution in [2.45, 2.75) is 18.1 Å². The zero-order valence-electron chi connectivity index (χ0n) is 12.3. The maximum Gasteiger partial charge on any atom is 0.273 e. The predicted molar refractivity (Wildman–Crippen MR) is 87.6 cm³/mol. The SMILES string of the molecule is Cc1ccc(NS(=O)(=O)c2sc(N)nc2C)cc1N(C)C. The van der Waals surface area contributed by atoms with E-state index in [9.17, 15) is 8.42 Å². The van der Waals surface area contributed by atoms with Gasteiger partial charge in [0.05, 0.1) is 11.4 Å². The van der Waals surface area contributed by atoms with Crippen LogP contribution in [0.15, 0.2) is 22.4 Å². The van der Waals surface area contributed by atoms with Crippen LogP contribution in [0.25, 0.3) is 0 Å². The molecular weight excluding hydrogens is 308 g/mol. The summed E-state index contributed by atoms with van der Waals surface area (Å²) < 4.78 is 27.5. The predicted octanol–water partition coefficient (Wildman–Crippen LogP) is 2.21. The van der Waals surface area contributed by atoms with E-state index in [0.717, 1.165) is 22.6 Å². The highest BCUT2D eigenvalue weighted by Crippen LogP contribution is 2.29. The number of nitrogens with two attached hydrogens (primary N) is 1. The van der Waals surface area contributed by atoms with Crippen LogP contribution in [-0.2, 0) is 10.0 Å². The van der Waals surface area contributed by atoms with Crippen molar-refractivity contribution in [1.29, 1.82) is 0 Å². The summed E-state index contributed by atoms with van der Waals surface area (Å²) in [5.41, 5.74) is 8.50. The summed E-state index contributed by atoms with van der Waals surface area (Å²) in [5.74, 6) is 0. The number of thiazole rings is 1. The number of nitrogen functional groups attached to an aromatic ring is 1. The molecule has 0 aliphatic heterocycles. The van der Waals surface area contributed by atoms with Crippen LogP contribution in [0.1, 0.15) is 11.3 Å². The number of anilines is 3. The molecule has 3 N–H and O–H groups in total. The van der Waals surface area contributed by atoms with Crippen LogP contribution in [0.2, 0.25) is 0 Å². The Morgan fingerprint density at radius 3 is 2.48 bits per heavy atom. The van der Waals surface area contributed by atoms with Crippen molar-refractivity contribution in [3.63, 3.8) is 0 Å². The lowest BCUT2D eigenvalue weighted by molar-refractivity contribution is 0.602. The summed E-state index contributed by atoms with van der Waals surface area (Å²) in [5, 5.41) is 0.241. The first-order valence-electron chi connectivity index (χ1n) is 6.24. The van der Waals surface area contributed by atoms with Gasteiger partial charge in [-0.05, 0) is 31.5 Å². The molecule has 21 heavy (non-hydrogen) atoms. The van der Waals surface area contributed by atoms with Gasteiger partial charge in [-0.2, -0.15) is 0 Å². The second-order valence-electron chi connectivity index (χ2n) is 4.93. The summed E-state index contributed by atoms with van der Waals surface area (Å²) in [7, 11) is 0.152. The van der Waals surface area contributed by atoms with Crippen LogP contribution in [-0.4, -0.2) is 27.5 Å². The summed E-state index contributed by atoms with van der Waals surface area (Å²) in [4.78, 5) is 5.88. The van der Waals surface area contributed by atoms with Crippen LogP contribution >= 0.6 is 11.3 Å². The third kappa shape index (κ3) is 3.27. The van der Waals surface area contributed by atoms with E-state index in [1.807, 2.05) is 32.0 Å². The molecule has 0 aliphatic carbocycles. The lowest BCUT2D eigenvalue weighted by atomic mass is 10.2. The Morgan fingerprint density at radius 2 is 1.95 bits per heavy atom. The molecule has 0 saturated heterocycles. The van der Waals surface area contributed by atoms with Gasteiger partial charge in [0.25, 0.3) is 10.0 Å². The van der Waals surface area contributed by atoms with Gasteiger partial charge in [-0.25, -0.2) is 13.4 Å². The van der Waals surface area contributed by atoms with Crippen molar-refractivity contribution in [3.05, 3.63) is 29.5 Å². The maximum atomic E-state index is 12.4. The van der Waals surface area contributed by atoms with E-state index in [4.69, 9.17) is 5.73 Å². The monoisotopic (exact) mass is 326 g/mol. The fourth-order valence-electron chi connectivity index (χ4n) is 2.01. The van der Waals surface area contributed by atoms with Gasteiger partial charge in [0.15, 0.2) is 9.34 Å². The normalized spacial score (nSPS) is 11.4. The van der Waals surface area contributed by atoms with E-state index in [1.165, 1.54) is 0 Å². The van der Waals surface area contributed by atoms with Gasteiger partial charge < -0.3 is 10.6 Å². The lowest BCUT2D eigenvalue weighted by Gasteiger charge is -2.17. The van der Waals surface area contributed by atoms with E-state index in [0.29, 0.717) is 11.4 Å². The third-order valence-corrected chi connectivity index (χ3v) is 5.94. The van der Waals surface area contributed by atoms with Gasteiger partial charge in [0.1, 0.15) is 0 Å². The molecule has 6 nitrogen and oxygen atoms in total. The molecule has 0 bridgehead atoms. The molecule has 0 aliphatic rings. The van der Waals surface area contributed by atoms with Crippen molar-refractivity contribution in [2.75, 3.05) is 29.5 Å². The first-order valence-corrected chi connectivity index (χ1v) is 8.54. The van der Waals surface area contributed by atoms with Crippen LogP contribution in [0, 0.1) is 13.8 Å². The molecule has 2 aromatic rings. The smallest absolute Gasteiger partial charge is 0.273 e. The minimum Gasteiger partial charge on any atom is -0.377 e. The number of aryl methyl sites for hydroxylation is 2. The van der Waals surface area contributed by atoms with Crippen LogP contribution in [0.5, 0.6) is 0 Å². The Balaban J connectivity index is 2.37. The molecule has 1 heterocycles. The van der Waals surface area contributed by atoms with Gasteiger partial charge in [0.2, 0.25) is 0 Å². The van der Waals surface area contributed by atoms with E-state index in [-0.39, 0.29) is 9.34 Å². The van der Waals surface area contributed by atoms with Crippen LogP contribution in [0.4, 0.5) is 16.5 Å². The highest BCUT2D eigenvalue weighted by Gasteiger charge is 2.21. The lowest BCUT2D eigenvalue weighted by Crippen LogP contribution is -2.14. The number of hydrogen-bond acceptors (Lipinski definition) is 6. The largest absolute Gasteiger partial charge is 0.377 e. The zero-order chi connectivity index (χ0) is 15.8. The van der Waals surface area contributed by atoms with Crippen molar-refractivity contribution in [1.82, 2.24) is 4.98 Å². The van der Waals surface area contributed by atoms with Crippen LogP contribution in [0.3, 0.4) is 0 Å². The average molecular weight is 326 g/mol. The fourth-order valence-corrected chi connectivity index (χ4v) is 4.36. The van der Waals surface area contributed by atoms with Gasteiger partial charge >= 0.3 is 0 Å². The molecule has 0 saturated carbocycles. The summed E-state index contributed by atoms with van der Waals surface area (Å²) in [6.07, 6.45) is 0. The number of sulfonamides is 1. The summed E-state index contributed by atoms with van der Waals surface area (Å²) in [6, 6.07) is 5.41. The fraction of sp³-hybridized carbons (Fsp3) is 0.308. The Morgan fingerprint density at radius 1 is 1.29 bits per heavy atom. The first-order chi connectivity index (χ1) is 9.70. The molecule has 8 heteroatoms. The molecule has 0 spiro atoms. The van der Waals surface area contributed by atoms with Gasteiger partial charge in [-0.1, -0.05) is 17.4 Å². The molecular formula is C13H18N4O2S2. The molecule has 0 atom stereocenters. The number of nitrogens with one attached hydrogen (secondary N) is 1. The Kier molecular flexibility index (Phi) is 4.11. The van der Waals surface area contributed by atoms with E-state index in [2.05, 4.69) is 9.71 Å². The Bertz CT molecular complexity index is 766. The number of benzene rings is 1. The number of rotatable bonds is 4. The molecule has 0 fully saturated rings. The maximum absolute atomic E-state index is 12.4. The van der Waals surface area contributed by atoms with Gasteiger partial charge in [0, 0.05) is 19.8 Å². The molecule has 0 radical (unpaired) electrons. The zero-order valence-corrected chi connectivity index (χ0v) is 14.0. The van der Waals surface area contributed by atoms with Crippen molar-refractivity contribution >= 4 is 37.9 Å². The third-order valence-electron chi connectivity index (χ3n) is 2.96. The second kappa shape index (κ2) is 5.53. The highest BCUT2D eigenvalue weighted by molar-refractivity contribution is 7.94. The summed E-state index contributed by atoms with van der Waals surface area (Å²) >= 11 is 0.960. The topological polar surface area (TPSA) is 88.3 Å². The minimum absolute atomic E-state index is 0.145. The molecule has 0 unspecified atom stereocenters. The number of nitrogens with zero attached hydrogens (tertiary/aromatic N) is 2. The van der Waals surface area contributed by atoms with Crippen molar-refractivity contribution in [3.8, 4) is 0 Å². The quantitative estimate of drug-likeness (QED) is 0.899. The van der Waals surface area contributed by atoms with Crippen molar-refractivity contribution in [2.24, 2.45) is 0 Å². The van der Waals surface area contributed by atoms with Gasteiger partial charge in [-0.15, -0.1) is 0 Å². The molecule has 114 valence electrons. The van der Waals surface area contributed by atoms with Crippen molar-refractivity contribution < 1.29 is 8.42 Å². The van der Waals surface area contributed by atoms with Gasteiger partial charge in [-0.3, -0.25) is 4.72 Å². The standard InChI is InChI=1S/C13H18N4O2S2/c1-8-5-6-10(7-11(8)17(3)4)16-21(18,19)12-9(2)15-13(14)20-12/h5-7,16H,1-4H3,(H2,14,15). The molecule has 2 rings (SSSR count). The number of aromatic nitrogens is 1. The van der Waals surface area contributed by atoms with E-state index in [1.54, 1.807) is 19.1 Å². The number of hydrogen-bond donors (Lipinski definition) is 2. The Labute approximate surface area is 128 Å². The van der Waals surface area contributed by atoms with E-state index < -0.39 is 10.0 Å². The molecule has 1 aromatic heterocycles. The van der Waals surface area contributed by atoms with E-state index >= 15 is 0 Å². The second-order valence-corrected chi connectivity index (χ2v) is 7.83. The summed E-state index contributed by atoms with van der Waals surface area (Å²) in [6.45, 7) is 3.60.